The van der Waals surface area contributed by atoms with E-state index in [0.717, 1.165) is 12.3 Å². The molecule has 0 saturated carbocycles. The van der Waals surface area contributed by atoms with Crippen LogP contribution in [0, 0.1) is 5.95 Å². The first-order valence-corrected chi connectivity index (χ1v) is 4.63. The summed E-state index contributed by atoms with van der Waals surface area (Å²) in [5.74, 6) is -1.82. The van der Waals surface area contributed by atoms with Crippen LogP contribution >= 0.6 is 0 Å². The van der Waals surface area contributed by atoms with Crippen LogP contribution in [0.5, 0.6) is 0 Å². The van der Waals surface area contributed by atoms with Gasteiger partial charge in [0.2, 0.25) is 5.95 Å². The highest BCUT2D eigenvalue weighted by Crippen LogP contribution is 2.24. The summed E-state index contributed by atoms with van der Waals surface area (Å²) in [4.78, 5) is 14.3. The number of pyridine rings is 1. The van der Waals surface area contributed by atoms with Gasteiger partial charge in [0.05, 0.1) is 13.0 Å². The van der Waals surface area contributed by atoms with E-state index in [4.69, 9.17) is 0 Å². The number of rotatable bonds is 4. The number of hydrogen-bond acceptors (Lipinski definition) is 3. The van der Waals surface area contributed by atoms with Gasteiger partial charge in [-0.15, -0.1) is 0 Å². The van der Waals surface area contributed by atoms with Crippen LogP contribution in [0.2, 0.25) is 0 Å². The number of alkyl halides is 2. The lowest BCUT2D eigenvalue weighted by atomic mass is 10.1. The average molecular weight is 233 g/mol. The van der Waals surface area contributed by atoms with E-state index >= 15 is 0 Å². The summed E-state index contributed by atoms with van der Waals surface area (Å²) >= 11 is 0. The quantitative estimate of drug-likeness (QED) is 0.591. The SMILES string of the molecule is CCOC(=O)Cc1c(C(F)F)ccnc1F. The fraction of sp³-hybridized carbons (Fsp3) is 0.400. The number of aromatic nitrogens is 1. The first kappa shape index (κ1) is 12.5. The molecular weight excluding hydrogens is 223 g/mol. The molecule has 0 atom stereocenters. The Morgan fingerprint density at radius 2 is 2.25 bits per heavy atom. The van der Waals surface area contributed by atoms with E-state index in [1.165, 1.54) is 0 Å². The van der Waals surface area contributed by atoms with E-state index in [0.29, 0.717) is 0 Å². The van der Waals surface area contributed by atoms with Gasteiger partial charge in [-0.3, -0.25) is 4.79 Å². The topological polar surface area (TPSA) is 39.2 Å². The molecular formula is C10H10F3NO2. The third kappa shape index (κ3) is 2.95. The molecule has 1 rings (SSSR count). The van der Waals surface area contributed by atoms with Crippen molar-refractivity contribution in [2.24, 2.45) is 0 Å². The smallest absolute Gasteiger partial charge is 0.310 e. The zero-order valence-electron chi connectivity index (χ0n) is 8.54. The van der Waals surface area contributed by atoms with Gasteiger partial charge < -0.3 is 4.74 Å². The minimum atomic E-state index is -2.85. The molecule has 0 aromatic carbocycles. The molecule has 0 bridgehead atoms. The van der Waals surface area contributed by atoms with Gasteiger partial charge in [-0.1, -0.05) is 0 Å². The monoisotopic (exact) mass is 233 g/mol. The predicted octanol–water partition coefficient (Wildman–Crippen LogP) is 2.26. The Hall–Kier alpha value is -1.59. The molecule has 0 saturated heterocycles. The molecule has 16 heavy (non-hydrogen) atoms. The van der Waals surface area contributed by atoms with Crippen LogP contribution in [0.3, 0.4) is 0 Å². The van der Waals surface area contributed by atoms with E-state index in [1.807, 2.05) is 0 Å². The van der Waals surface area contributed by atoms with Crippen LogP contribution in [-0.2, 0) is 16.0 Å². The fourth-order valence-corrected chi connectivity index (χ4v) is 1.22. The maximum absolute atomic E-state index is 13.2. The number of nitrogens with zero attached hydrogens (tertiary/aromatic N) is 1. The number of halogens is 3. The molecule has 1 aromatic heterocycles. The molecule has 0 unspecified atom stereocenters. The Kier molecular flexibility index (Phi) is 4.28. The highest BCUT2D eigenvalue weighted by atomic mass is 19.3. The van der Waals surface area contributed by atoms with E-state index in [2.05, 4.69) is 9.72 Å². The summed E-state index contributed by atoms with van der Waals surface area (Å²) in [6, 6.07) is 0.988. The lowest BCUT2D eigenvalue weighted by molar-refractivity contribution is -0.142. The standard InChI is InChI=1S/C10H10F3NO2/c1-2-16-8(15)5-7-6(9(11)12)3-4-14-10(7)13/h3-4,9H,2,5H2,1H3. The van der Waals surface area contributed by atoms with Gasteiger partial charge in [-0.2, -0.15) is 4.39 Å². The van der Waals surface area contributed by atoms with Crippen LogP contribution in [-0.4, -0.2) is 17.6 Å². The molecule has 0 N–H and O–H groups in total. The number of ether oxygens (including phenoxy) is 1. The largest absolute Gasteiger partial charge is 0.466 e. The first-order chi connectivity index (χ1) is 7.56. The first-order valence-electron chi connectivity index (χ1n) is 4.63. The van der Waals surface area contributed by atoms with Crippen molar-refractivity contribution in [2.75, 3.05) is 6.61 Å². The second kappa shape index (κ2) is 5.48. The molecule has 0 aliphatic carbocycles. The lowest BCUT2D eigenvalue weighted by Gasteiger charge is -2.08. The lowest BCUT2D eigenvalue weighted by Crippen LogP contribution is -2.12. The van der Waals surface area contributed by atoms with Crippen molar-refractivity contribution in [3.63, 3.8) is 0 Å². The average Bonchev–Trinajstić information content (AvgIpc) is 2.21. The molecule has 0 fully saturated rings. The molecule has 0 aliphatic heterocycles. The van der Waals surface area contributed by atoms with E-state index in [-0.39, 0.29) is 6.61 Å². The number of carbonyl (C=O) groups excluding carboxylic acids is 1. The minimum Gasteiger partial charge on any atom is -0.466 e. The molecule has 0 amide bonds. The minimum absolute atomic E-state index is 0.116. The fourth-order valence-electron chi connectivity index (χ4n) is 1.22. The van der Waals surface area contributed by atoms with Crippen molar-refractivity contribution < 1.29 is 22.7 Å². The number of esters is 1. The van der Waals surface area contributed by atoms with Gasteiger partial charge in [0.25, 0.3) is 6.43 Å². The van der Waals surface area contributed by atoms with Crippen molar-refractivity contribution >= 4 is 5.97 Å². The highest BCUT2D eigenvalue weighted by molar-refractivity contribution is 5.73. The normalized spacial score (nSPS) is 10.6. The van der Waals surface area contributed by atoms with Crippen LogP contribution < -0.4 is 0 Å². The van der Waals surface area contributed by atoms with Crippen molar-refractivity contribution in [2.45, 2.75) is 19.8 Å². The summed E-state index contributed by atoms with van der Waals surface area (Å²) in [7, 11) is 0. The third-order valence-corrected chi connectivity index (χ3v) is 1.90. The predicted molar refractivity (Wildman–Crippen MR) is 49.5 cm³/mol. The van der Waals surface area contributed by atoms with E-state index < -0.39 is 35.9 Å². The Morgan fingerprint density at radius 1 is 1.56 bits per heavy atom. The van der Waals surface area contributed by atoms with Crippen molar-refractivity contribution in [1.29, 1.82) is 0 Å². The zero-order chi connectivity index (χ0) is 12.1. The Bertz CT molecular complexity index is 382. The molecule has 3 nitrogen and oxygen atoms in total. The Morgan fingerprint density at radius 3 is 2.81 bits per heavy atom. The number of hydrogen-bond donors (Lipinski definition) is 0. The van der Waals surface area contributed by atoms with Crippen molar-refractivity contribution in [1.82, 2.24) is 4.98 Å². The van der Waals surface area contributed by atoms with Crippen LogP contribution in [0.15, 0.2) is 12.3 Å². The second-order valence-electron chi connectivity index (χ2n) is 2.95. The molecule has 1 heterocycles. The molecule has 0 spiro atoms. The van der Waals surface area contributed by atoms with E-state index in [9.17, 15) is 18.0 Å². The van der Waals surface area contributed by atoms with Crippen molar-refractivity contribution in [3.05, 3.63) is 29.3 Å². The summed E-state index contributed by atoms with van der Waals surface area (Å²) in [5.41, 5.74) is -0.934. The summed E-state index contributed by atoms with van der Waals surface area (Å²) in [6.07, 6.45) is -2.44. The number of carbonyl (C=O) groups is 1. The Balaban J connectivity index is 2.97. The third-order valence-electron chi connectivity index (χ3n) is 1.90. The van der Waals surface area contributed by atoms with Crippen LogP contribution in [0.4, 0.5) is 13.2 Å². The highest BCUT2D eigenvalue weighted by Gasteiger charge is 2.20. The van der Waals surface area contributed by atoms with Gasteiger partial charge >= 0.3 is 5.97 Å². The second-order valence-corrected chi connectivity index (χ2v) is 2.95. The van der Waals surface area contributed by atoms with Gasteiger partial charge in [0.15, 0.2) is 0 Å². The van der Waals surface area contributed by atoms with Crippen LogP contribution in [0.1, 0.15) is 24.5 Å². The van der Waals surface area contributed by atoms with Crippen LogP contribution in [0.25, 0.3) is 0 Å². The summed E-state index contributed by atoms with van der Waals surface area (Å²) < 4.78 is 42.7. The molecule has 88 valence electrons. The Labute approximate surface area is 90.2 Å². The summed E-state index contributed by atoms with van der Waals surface area (Å²) in [6.45, 7) is 1.69. The molecule has 1 aromatic rings. The van der Waals surface area contributed by atoms with E-state index in [1.54, 1.807) is 6.92 Å². The summed E-state index contributed by atoms with van der Waals surface area (Å²) in [5, 5.41) is 0. The van der Waals surface area contributed by atoms with Gasteiger partial charge in [-0.05, 0) is 13.0 Å². The zero-order valence-corrected chi connectivity index (χ0v) is 8.54. The molecule has 6 heteroatoms. The van der Waals surface area contributed by atoms with Gasteiger partial charge in [0.1, 0.15) is 0 Å². The van der Waals surface area contributed by atoms with Crippen molar-refractivity contribution in [3.8, 4) is 0 Å². The van der Waals surface area contributed by atoms with Gasteiger partial charge in [-0.25, -0.2) is 13.8 Å². The molecule has 0 radical (unpaired) electrons. The van der Waals surface area contributed by atoms with Gasteiger partial charge in [0, 0.05) is 17.3 Å². The maximum atomic E-state index is 13.2. The maximum Gasteiger partial charge on any atom is 0.310 e. The molecule has 0 aliphatic rings.